The molecular formula is C19H19FN4O2S. The van der Waals surface area contributed by atoms with Gasteiger partial charge in [-0.1, -0.05) is 12.1 Å². The topological polar surface area (TPSA) is 69.3 Å². The lowest BCUT2D eigenvalue weighted by atomic mass is 10.2. The van der Waals surface area contributed by atoms with Crippen LogP contribution in [0.4, 0.5) is 10.1 Å². The number of halogens is 1. The van der Waals surface area contributed by atoms with Gasteiger partial charge >= 0.3 is 0 Å². The lowest BCUT2D eigenvalue weighted by Gasteiger charge is -2.36. The number of para-hydroxylation sites is 1. The van der Waals surface area contributed by atoms with Crippen LogP contribution in [0.25, 0.3) is 10.2 Å². The molecule has 0 radical (unpaired) electrons. The third-order valence-electron chi connectivity index (χ3n) is 4.87. The number of hydrogen-bond acceptors (Lipinski definition) is 5. The second kappa shape index (κ2) is 6.77. The van der Waals surface area contributed by atoms with E-state index in [1.807, 2.05) is 11.0 Å². The number of hydrogen-bond donors (Lipinski definition) is 1. The van der Waals surface area contributed by atoms with E-state index in [0.29, 0.717) is 58.3 Å². The lowest BCUT2D eigenvalue weighted by molar-refractivity contribution is 0.0751. The minimum absolute atomic E-state index is 0.0965. The molecular weight excluding hydrogens is 367 g/mol. The van der Waals surface area contributed by atoms with Crippen molar-refractivity contribution in [2.75, 3.05) is 31.1 Å². The van der Waals surface area contributed by atoms with Crippen LogP contribution < -0.4 is 10.5 Å². The van der Waals surface area contributed by atoms with Crippen LogP contribution in [0.2, 0.25) is 0 Å². The van der Waals surface area contributed by atoms with Crippen molar-refractivity contribution in [1.82, 2.24) is 14.9 Å². The van der Waals surface area contributed by atoms with Crippen molar-refractivity contribution >= 4 is 33.1 Å². The molecule has 6 nitrogen and oxygen atoms in total. The number of benzene rings is 1. The van der Waals surface area contributed by atoms with E-state index in [2.05, 4.69) is 9.97 Å². The molecule has 1 N–H and O–H groups in total. The highest BCUT2D eigenvalue weighted by Crippen LogP contribution is 2.29. The molecule has 1 aromatic carbocycles. The molecule has 3 aromatic rings. The van der Waals surface area contributed by atoms with Gasteiger partial charge in [-0.05, 0) is 31.5 Å². The van der Waals surface area contributed by atoms with E-state index >= 15 is 0 Å². The molecule has 140 valence electrons. The number of aryl methyl sites for hydroxylation is 2. The summed E-state index contributed by atoms with van der Waals surface area (Å²) < 4.78 is 14.0. The van der Waals surface area contributed by atoms with Crippen LogP contribution in [0.1, 0.15) is 21.1 Å². The highest BCUT2D eigenvalue weighted by molar-refractivity contribution is 7.20. The third kappa shape index (κ3) is 3.10. The van der Waals surface area contributed by atoms with Crippen LogP contribution in [0, 0.1) is 19.7 Å². The van der Waals surface area contributed by atoms with Crippen molar-refractivity contribution in [3.8, 4) is 0 Å². The summed E-state index contributed by atoms with van der Waals surface area (Å²) in [5, 5.41) is 0.485. The van der Waals surface area contributed by atoms with Crippen LogP contribution >= 0.6 is 11.3 Å². The second-order valence-electron chi connectivity index (χ2n) is 6.62. The number of carbonyl (C=O) groups excluding carboxylic acids is 1. The van der Waals surface area contributed by atoms with E-state index in [1.165, 1.54) is 17.4 Å². The van der Waals surface area contributed by atoms with E-state index in [4.69, 9.17) is 0 Å². The summed E-state index contributed by atoms with van der Waals surface area (Å²) >= 11 is 1.26. The van der Waals surface area contributed by atoms with Gasteiger partial charge in [-0.3, -0.25) is 9.59 Å². The minimum atomic E-state index is -0.252. The average Bonchev–Trinajstić information content (AvgIpc) is 2.98. The van der Waals surface area contributed by atoms with Gasteiger partial charge in [0.2, 0.25) is 0 Å². The fourth-order valence-electron chi connectivity index (χ4n) is 3.46. The molecule has 3 heterocycles. The standard InChI is InChI=1S/C19H19FN4O2S/c1-11-15-17(25)21-12(2)22-18(15)27-16(11)19(26)24-9-7-23(8-10-24)14-6-4-3-5-13(14)20/h3-6H,7-10H2,1-2H3,(H,21,22,25). The van der Waals surface area contributed by atoms with Crippen molar-refractivity contribution in [2.24, 2.45) is 0 Å². The maximum Gasteiger partial charge on any atom is 0.264 e. The number of aromatic amines is 1. The Bertz CT molecular complexity index is 1080. The first-order chi connectivity index (χ1) is 13.0. The second-order valence-corrected chi connectivity index (χ2v) is 7.62. The Kier molecular flexibility index (Phi) is 4.43. The molecule has 0 saturated carbocycles. The molecule has 1 fully saturated rings. The molecule has 8 heteroatoms. The smallest absolute Gasteiger partial charge is 0.264 e. The molecule has 0 aliphatic carbocycles. The summed E-state index contributed by atoms with van der Waals surface area (Å²) in [6.07, 6.45) is 0. The predicted molar refractivity (Wildman–Crippen MR) is 104 cm³/mol. The minimum Gasteiger partial charge on any atom is -0.366 e. The summed E-state index contributed by atoms with van der Waals surface area (Å²) in [6, 6.07) is 6.67. The van der Waals surface area contributed by atoms with E-state index < -0.39 is 0 Å². The Hall–Kier alpha value is -2.74. The van der Waals surface area contributed by atoms with Gasteiger partial charge in [-0.15, -0.1) is 11.3 Å². The fraction of sp³-hybridized carbons (Fsp3) is 0.316. The Morgan fingerprint density at radius 2 is 1.89 bits per heavy atom. The van der Waals surface area contributed by atoms with Crippen LogP contribution in [0.5, 0.6) is 0 Å². The van der Waals surface area contributed by atoms with Crippen LogP contribution in [0.3, 0.4) is 0 Å². The van der Waals surface area contributed by atoms with E-state index in [-0.39, 0.29) is 17.3 Å². The van der Waals surface area contributed by atoms with Crippen molar-refractivity contribution in [1.29, 1.82) is 0 Å². The fourth-order valence-corrected chi connectivity index (χ4v) is 4.65. The molecule has 4 rings (SSSR count). The number of carbonyl (C=O) groups is 1. The largest absolute Gasteiger partial charge is 0.366 e. The van der Waals surface area contributed by atoms with Crippen LogP contribution in [0.15, 0.2) is 29.1 Å². The molecule has 0 bridgehead atoms. The number of H-pyrrole nitrogens is 1. The third-order valence-corrected chi connectivity index (χ3v) is 6.05. The van der Waals surface area contributed by atoms with E-state index in [9.17, 15) is 14.0 Å². The van der Waals surface area contributed by atoms with Crippen LogP contribution in [-0.4, -0.2) is 47.0 Å². The lowest BCUT2D eigenvalue weighted by Crippen LogP contribution is -2.49. The van der Waals surface area contributed by atoms with Gasteiger partial charge in [0.1, 0.15) is 16.5 Å². The Balaban J connectivity index is 1.56. The van der Waals surface area contributed by atoms with Gasteiger partial charge in [0, 0.05) is 26.2 Å². The van der Waals surface area contributed by atoms with Gasteiger partial charge in [-0.25, -0.2) is 9.37 Å². The summed E-state index contributed by atoms with van der Waals surface area (Å²) in [5.74, 6) is 0.185. The maximum absolute atomic E-state index is 14.0. The monoisotopic (exact) mass is 386 g/mol. The van der Waals surface area contributed by atoms with E-state index in [0.717, 1.165) is 0 Å². The number of rotatable bonds is 2. The summed E-state index contributed by atoms with van der Waals surface area (Å²) in [4.78, 5) is 37.1. The zero-order valence-electron chi connectivity index (χ0n) is 15.1. The number of aromatic nitrogens is 2. The molecule has 1 aliphatic heterocycles. The number of nitrogens with zero attached hydrogens (tertiary/aromatic N) is 3. The van der Waals surface area contributed by atoms with Gasteiger partial charge < -0.3 is 14.8 Å². The SMILES string of the molecule is Cc1nc2sc(C(=O)N3CCN(c4ccccc4F)CC3)c(C)c2c(=O)[nH]1. The highest BCUT2D eigenvalue weighted by Gasteiger charge is 2.27. The highest BCUT2D eigenvalue weighted by atomic mass is 32.1. The van der Waals surface area contributed by atoms with Gasteiger partial charge in [0.25, 0.3) is 11.5 Å². The quantitative estimate of drug-likeness (QED) is 0.735. The zero-order valence-corrected chi connectivity index (χ0v) is 15.9. The van der Waals surface area contributed by atoms with Crippen molar-refractivity contribution < 1.29 is 9.18 Å². The predicted octanol–water partition coefficient (Wildman–Crippen LogP) is 2.70. The molecule has 0 spiro atoms. The van der Waals surface area contributed by atoms with Crippen molar-refractivity contribution in [2.45, 2.75) is 13.8 Å². The van der Waals surface area contributed by atoms with Crippen LogP contribution in [-0.2, 0) is 0 Å². The molecule has 27 heavy (non-hydrogen) atoms. The van der Waals surface area contributed by atoms with Crippen molar-refractivity contribution in [3.63, 3.8) is 0 Å². The summed E-state index contributed by atoms with van der Waals surface area (Å²) in [5.41, 5.74) is 1.02. The molecule has 1 amide bonds. The number of piperazine rings is 1. The Morgan fingerprint density at radius 1 is 1.19 bits per heavy atom. The number of thiophene rings is 1. The first kappa shape index (κ1) is 17.7. The molecule has 1 aliphatic rings. The number of nitrogens with one attached hydrogen (secondary N) is 1. The first-order valence-electron chi connectivity index (χ1n) is 8.74. The number of amides is 1. The van der Waals surface area contributed by atoms with Gasteiger partial charge in [0.15, 0.2) is 0 Å². The molecule has 1 saturated heterocycles. The number of fused-ring (bicyclic) bond motifs is 1. The molecule has 0 unspecified atom stereocenters. The summed E-state index contributed by atoms with van der Waals surface area (Å²) in [7, 11) is 0. The normalized spacial score (nSPS) is 14.8. The summed E-state index contributed by atoms with van der Waals surface area (Å²) in [6.45, 7) is 5.64. The Labute approximate surface area is 159 Å². The van der Waals surface area contributed by atoms with Crippen molar-refractivity contribution in [3.05, 3.63) is 56.7 Å². The number of anilines is 1. The van der Waals surface area contributed by atoms with Gasteiger partial charge in [-0.2, -0.15) is 0 Å². The maximum atomic E-state index is 14.0. The Morgan fingerprint density at radius 3 is 2.59 bits per heavy atom. The first-order valence-corrected chi connectivity index (χ1v) is 9.56. The molecule has 2 aromatic heterocycles. The van der Waals surface area contributed by atoms with E-state index in [1.54, 1.807) is 30.9 Å². The average molecular weight is 386 g/mol. The zero-order chi connectivity index (χ0) is 19.1. The molecule has 0 atom stereocenters. The van der Waals surface area contributed by atoms with Gasteiger partial charge in [0.05, 0.1) is 16.0 Å².